The molecular formula is C23H23N3O4. The molecule has 2 aliphatic heterocycles. The van der Waals surface area contributed by atoms with Crippen LogP contribution in [0, 0.1) is 10.1 Å². The number of aromatic nitrogens is 1. The highest BCUT2D eigenvalue weighted by Crippen LogP contribution is 2.36. The van der Waals surface area contributed by atoms with E-state index in [1.54, 1.807) is 18.2 Å². The number of nitro groups is 1. The molecule has 30 heavy (non-hydrogen) atoms. The summed E-state index contributed by atoms with van der Waals surface area (Å²) < 4.78 is 13.7. The first kappa shape index (κ1) is 18.7. The summed E-state index contributed by atoms with van der Waals surface area (Å²) in [5, 5.41) is 11.4. The van der Waals surface area contributed by atoms with E-state index in [1.807, 2.05) is 24.3 Å². The smallest absolute Gasteiger partial charge is 0.269 e. The molecule has 7 nitrogen and oxygen atoms in total. The summed E-state index contributed by atoms with van der Waals surface area (Å²) in [6.07, 6.45) is 3.10. The lowest BCUT2D eigenvalue weighted by molar-refractivity contribution is -0.384. The molecule has 0 aliphatic carbocycles. The Morgan fingerprint density at radius 1 is 1.00 bits per heavy atom. The molecule has 2 aliphatic rings. The van der Waals surface area contributed by atoms with Crippen molar-refractivity contribution in [1.29, 1.82) is 0 Å². The first-order chi connectivity index (χ1) is 14.7. The summed E-state index contributed by atoms with van der Waals surface area (Å²) in [7, 11) is 0. The summed E-state index contributed by atoms with van der Waals surface area (Å²) in [6.45, 7) is 3.68. The fraction of sp³-hybridized carbons (Fsp3) is 0.304. The number of hydrogen-bond donors (Lipinski definition) is 0. The number of hydrogen-bond acceptors (Lipinski definition) is 5. The van der Waals surface area contributed by atoms with Crippen LogP contribution in [0.4, 0.5) is 5.69 Å². The van der Waals surface area contributed by atoms with Gasteiger partial charge in [0.1, 0.15) is 13.2 Å². The molecule has 2 aromatic carbocycles. The van der Waals surface area contributed by atoms with Crippen LogP contribution in [-0.2, 0) is 13.1 Å². The second kappa shape index (κ2) is 7.84. The quantitative estimate of drug-likeness (QED) is 0.481. The van der Waals surface area contributed by atoms with Crippen LogP contribution in [-0.4, -0.2) is 34.1 Å². The molecule has 5 rings (SSSR count). The Morgan fingerprint density at radius 3 is 2.73 bits per heavy atom. The minimum Gasteiger partial charge on any atom is -0.486 e. The van der Waals surface area contributed by atoms with E-state index < -0.39 is 0 Å². The molecule has 0 amide bonds. The monoisotopic (exact) mass is 405 g/mol. The van der Waals surface area contributed by atoms with Crippen molar-refractivity contribution in [2.75, 3.05) is 19.8 Å². The second-order valence-electron chi connectivity index (χ2n) is 7.68. The molecule has 0 saturated heterocycles. The SMILES string of the molecule is O=[N+]([O-])c1cccc(C2c3cccn3CCCN2Cc2ccc3c(c2)OCCO3)c1. The molecule has 1 unspecified atom stereocenters. The second-order valence-corrected chi connectivity index (χ2v) is 7.68. The Kier molecular flexibility index (Phi) is 4.88. The lowest BCUT2D eigenvalue weighted by atomic mass is 10.0. The zero-order chi connectivity index (χ0) is 20.5. The van der Waals surface area contributed by atoms with Gasteiger partial charge in [-0.25, -0.2) is 0 Å². The number of non-ortho nitro benzene ring substituents is 1. The van der Waals surface area contributed by atoms with Crippen LogP contribution in [0.2, 0.25) is 0 Å². The van der Waals surface area contributed by atoms with E-state index in [0.29, 0.717) is 13.2 Å². The first-order valence-electron chi connectivity index (χ1n) is 10.2. The van der Waals surface area contributed by atoms with Crippen LogP contribution in [0.25, 0.3) is 0 Å². The van der Waals surface area contributed by atoms with Gasteiger partial charge in [-0.15, -0.1) is 0 Å². The number of fused-ring (bicyclic) bond motifs is 2. The van der Waals surface area contributed by atoms with Crippen LogP contribution in [0.5, 0.6) is 11.5 Å². The van der Waals surface area contributed by atoms with Crippen molar-refractivity contribution in [3.63, 3.8) is 0 Å². The van der Waals surface area contributed by atoms with Crippen LogP contribution >= 0.6 is 0 Å². The zero-order valence-corrected chi connectivity index (χ0v) is 16.6. The maximum absolute atomic E-state index is 11.4. The number of nitro benzene ring substituents is 1. The lowest BCUT2D eigenvalue weighted by Crippen LogP contribution is -2.29. The van der Waals surface area contributed by atoms with Crippen LogP contribution < -0.4 is 9.47 Å². The van der Waals surface area contributed by atoms with Crippen LogP contribution in [0.1, 0.15) is 29.3 Å². The molecule has 0 fully saturated rings. The van der Waals surface area contributed by atoms with Crippen molar-refractivity contribution in [3.8, 4) is 11.5 Å². The molecule has 0 N–H and O–H groups in total. The standard InChI is InChI=1S/C23H23N3O4/c27-26(28)19-5-1-4-18(15-19)23-20-6-2-9-24(20)10-3-11-25(23)16-17-7-8-21-22(14-17)30-13-12-29-21/h1-2,4-9,14-15,23H,3,10-13,16H2. The number of aryl methyl sites for hydroxylation is 1. The van der Waals surface area contributed by atoms with E-state index in [4.69, 9.17) is 9.47 Å². The average Bonchev–Trinajstić information content (AvgIpc) is 3.15. The lowest BCUT2D eigenvalue weighted by Gasteiger charge is -2.31. The number of nitrogens with zero attached hydrogens (tertiary/aromatic N) is 3. The van der Waals surface area contributed by atoms with Gasteiger partial charge in [0.15, 0.2) is 11.5 Å². The van der Waals surface area contributed by atoms with Crippen molar-refractivity contribution in [2.24, 2.45) is 0 Å². The van der Waals surface area contributed by atoms with E-state index in [2.05, 4.69) is 27.8 Å². The van der Waals surface area contributed by atoms with E-state index >= 15 is 0 Å². The van der Waals surface area contributed by atoms with Crippen molar-refractivity contribution in [2.45, 2.75) is 25.6 Å². The highest BCUT2D eigenvalue weighted by Gasteiger charge is 2.28. The predicted octanol–water partition coefficient (Wildman–Crippen LogP) is 4.16. The highest BCUT2D eigenvalue weighted by molar-refractivity contribution is 5.44. The third kappa shape index (κ3) is 3.52. The van der Waals surface area contributed by atoms with Gasteiger partial charge in [-0.2, -0.15) is 0 Å². The molecule has 0 radical (unpaired) electrons. The van der Waals surface area contributed by atoms with Gasteiger partial charge in [0.05, 0.1) is 11.0 Å². The maximum atomic E-state index is 11.4. The van der Waals surface area contributed by atoms with E-state index in [1.165, 1.54) is 0 Å². The van der Waals surface area contributed by atoms with E-state index in [0.717, 1.165) is 54.4 Å². The first-order valence-corrected chi connectivity index (χ1v) is 10.2. The van der Waals surface area contributed by atoms with Crippen LogP contribution in [0.3, 0.4) is 0 Å². The molecule has 3 aromatic rings. The number of benzene rings is 2. The molecule has 0 spiro atoms. The fourth-order valence-corrected chi connectivity index (χ4v) is 4.42. The Labute approximate surface area is 174 Å². The topological polar surface area (TPSA) is 69.8 Å². The van der Waals surface area contributed by atoms with E-state index in [-0.39, 0.29) is 16.7 Å². The molecule has 1 aromatic heterocycles. The summed E-state index contributed by atoms with van der Waals surface area (Å²) in [5.41, 5.74) is 3.35. The van der Waals surface area contributed by atoms with Gasteiger partial charge in [0.2, 0.25) is 0 Å². The number of rotatable bonds is 4. The summed E-state index contributed by atoms with van der Waals surface area (Å²) in [6, 6.07) is 17.2. The Bertz CT molecular complexity index is 1080. The Hall–Kier alpha value is -3.32. The molecular weight excluding hydrogens is 382 g/mol. The highest BCUT2D eigenvalue weighted by atomic mass is 16.6. The van der Waals surface area contributed by atoms with Crippen LogP contribution in [0.15, 0.2) is 60.8 Å². The predicted molar refractivity (Wildman–Crippen MR) is 112 cm³/mol. The number of ether oxygens (including phenoxy) is 2. The van der Waals surface area contributed by atoms with Gasteiger partial charge in [-0.3, -0.25) is 15.0 Å². The van der Waals surface area contributed by atoms with E-state index in [9.17, 15) is 10.1 Å². The summed E-state index contributed by atoms with van der Waals surface area (Å²) in [4.78, 5) is 13.4. The zero-order valence-electron chi connectivity index (χ0n) is 16.6. The molecule has 1 atom stereocenters. The van der Waals surface area contributed by atoms with Crippen molar-refractivity contribution in [1.82, 2.24) is 9.47 Å². The Balaban J connectivity index is 1.52. The van der Waals surface area contributed by atoms with Gasteiger partial charge in [-0.05, 0) is 41.8 Å². The Morgan fingerprint density at radius 2 is 1.87 bits per heavy atom. The minimum absolute atomic E-state index is 0.0596. The third-order valence-electron chi connectivity index (χ3n) is 5.74. The fourth-order valence-electron chi connectivity index (χ4n) is 4.42. The minimum atomic E-state index is -0.329. The van der Waals surface area contributed by atoms with Gasteiger partial charge < -0.3 is 14.0 Å². The maximum Gasteiger partial charge on any atom is 0.269 e. The molecule has 0 saturated carbocycles. The molecule has 0 bridgehead atoms. The largest absolute Gasteiger partial charge is 0.486 e. The van der Waals surface area contributed by atoms with Crippen molar-refractivity contribution in [3.05, 3.63) is 87.7 Å². The normalized spacial score (nSPS) is 18.5. The molecule has 3 heterocycles. The molecule has 154 valence electrons. The molecule has 7 heteroatoms. The van der Waals surface area contributed by atoms with Gasteiger partial charge in [0.25, 0.3) is 5.69 Å². The third-order valence-corrected chi connectivity index (χ3v) is 5.74. The van der Waals surface area contributed by atoms with Gasteiger partial charge in [0, 0.05) is 43.7 Å². The summed E-state index contributed by atoms with van der Waals surface area (Å²) in [5.74, 6) is 1.56. The average molecular weight is 405 g/mol. The van der Waals surface area contributed by atoms with Gasteiger partial charge in [-0.1, -0.05) is 18.2 Å². The summed E-state index contributed by atoms with van der Waals surface area (Å²) >= 11 is 0. The van der Waals surface area contributed by atoms with Crippen molar-refractivity contribution < 1.29 is 14.4 Å². The van der Waals surface area contributed by atoms with Gasteiger partial charge >= 0.3 is 0 Å². The van der Waals surface area contributed by atoms with Crippen molar-refractivity contribution >= 4 is 5.69 Å².